The van der Waals surface area contributed by atoms with E-state index in [0.29, 0.717) is 41.8 Å². The van der Waals surface area contributed by atoms with E-state index < -0.39 is 0 Å². The van der Waals surface area contributed by atoms with Crippen LogP contribution in [0.5, 0.6) is 0 Å². The number of halogens is 1. The molecule has 6 heteroatoms. The van der Waals surface area contributed by atoms with Crippen LogP contribution in [-0.2, 0) is 4.79 Å². The molecule has 1 aromatic heterocycles. The van der Waals surface area contributed by atoms with Crippen molar-refractivity contribution in [2.24, 2.45) is 0 Å². The summed E-state index contributed by atoms with van der Waals surface area (Å²) in [5.74, 6) is 0.228. The van der Waals surface area contributed by atoms with Gasteiger partial charge >= 0.3 is 0 Å². The number of carbonyl (C=O) groups excluding carboxylic acids is 1. The summed E-state index contributed by atoms with van der Waals surface area (Å²) >= 11 is 0. The highest BCUT2D eigenvalue weighted by Gasteiger charge is 2.28. The van der Waals surface area contributed by atoms with E-state index in [9.17, 15) is 14.0 Å². The zero-order valence-electron chi connectivity index (χ0n) is 19.9. The topological polar surface area (TPSA) is 55.2 Å². The standard InChI is InChI=1S/C27H34FN3O2/c1-4-7-8-11-19-30(25(32)12-5-2)24(6-3)26-29-23-14-10-9-13-22(23)27(33)31(26)21-17-15-20(28)16-18-21/h9-10,13-18,24H,4-8,11-12,19H2,1-3H3. The zero-order valence-corrected chi connectivity index (χ0v) is 19.9. The van der Waals surface area contributed by atoms with Crippen LogP contribution in [0.1, 0.15) is 77.6 Å². The Morgan fingerprint density at radius 3 is 2.39 bits per heavy atom. The van der Waals surface area contributed by atoms with Crippen LogP contribution in [0, 0.1) is 5.82 Å². The minimum Gasteiger partial charge on any atom is -0.333 e. The fraction of sp³-hybridized carbons (Fsp3) is 0.444. The van der Waals surface area contributed by atoms with Crippen LogP contribution in [-0.4, -0.2) is 26.9 Å². The van der Waals surface area contributed by atoms with Gasteiger partial charge in [0.25, 0.3) is 5.56 Å². The quantitative estimate of drug-likeness (QED) is 0.327. The van der Waals surface area contributed by atoms with Crippen molar-refractivity contribution < 1.29 is 9.18 Å². The van der Waals surface area contributed by atoms with Gasteiger partial charge in [0.05, 0.1) is 22.6 Å². The maximum Gasteiger partial charge on any atom is 0.266 e. The first-order valence-electron chi connectivity index (χ1n) is 12.1. The van der Waals surface area contributed by atoms with Crippen molar-refractivity contribution in [2.75, 3.05) is 6.54 Å². The molecule has 33 heavy (non-hydrogen) atoms. The van der Waals surface area contributed by atoms with E-state index in [1.807, 2.05) is 36.9 Å². The number of rotatable bonds is 11. The fourth-order valence-corrected chi connectivity index (χ4v) is 4.28. The molecule has 0 saturated heterocycles. The lowest BCUT2D eigenvalue weighted by Crippen LogP contribution is -2.39. The minimum absolute atomic E-state index is 0.0777. The summed E-state index contributed by atoms with van der Waals surface area (Å²) in [5.41, 5.74) is 0.930. The van der Waals surface area contributed by atoms with Gasteiger partial charge in [-0.2, -0.15) is 0 Å². The van der Waals surface area contributed by atoms with E-state index in [1.54, 1.807) is 22.8 Å². The second kappa shape index (κ2) is 11.7. The maximum absolute atomic E-state index is 13.6. The van der Waals surface area contributed by atoms with E-state index >= 15 is 0 Å². The molecular weight excluding hydrogens is 417 g/mol. The van der Waals surface area contributed by atoms with Gasteiger partial charge in [-0.15, -0.1) is 0 Å². The third kappa shape index (κ3) is 5.67. The molecule has 0 fully saturated rings. The van der Waals surface area contributed by atoms with Crippen LogP contribution < -0.4 is 5.56 Å². The first kappa shape index (κ1) is 24.6. The number of unbranched alkanes of at least 4 members (excludes halogenated alkanes) is 3. The molecule has 1 unspecified atom stereocenters. The lowest BCUT2D eigenvalue weighted by molar-refractivity contribution is -0.134. The monoisotopic (exact) mass is 451 g/mol. The number of benzene rings is 2. The van der Waals surface area contributed by atoms with Crippen LogP contribution in [0.4, 0.5) is 4.39 Å². The highest BCUT2D eigenvalue weighted by Crippen LogP contribution is 2.27. The Labute approximate surface area is 195 Å². The van der Waals surface area contributed by atoms with Gasteiger partial charge in [-0.25, -0.2) is 9.37 Å². The van der Waals surface area contributed by atoms with E-state index in [4.69, 9.17) is 4.98 Å². The summed E-state index contributed by atoms with van der Waals surface area (Å²) in [6.45, 7) is 6.80. The second-order valence-corrected chi connectivity index (χ2v) is 8.43. The Balaban J connectivity index is 2.17. The molecule has 176 valence electrons. The first-order valence-corrected chi connectivity index (χ1v) is 12.1. The molecule has 5 nitrogen and oxygen atoms in total. The van der Waals surface area contributed by atoms with Gasteiger partial charge in [-0.3, -0.25) is 14.2 Å². The molecule has 0 saturated carbocycles. The SMILES string of the molecule is CCCCCCN(C(=O)CCC)C(CC)c1nc2ccccc2c(=O)n1-c1ccc(F)cc1. The molecule has 0 spiro atoms. The van der Waals surface area contributed by atoms with Gasteiger partial charge in [0.15, 0.2) is 0 Å². The van der Waals surface area contributed by atoms with Crippen LogP contribution >= 0.6 is 0 Å². The number of hydrogen-bond donors (Lipinski definition) is 0. The van der Waals surface area contributed by atoms with Crippen LogP contribution in [0.15, 0.2) is 53.3 Å². The molecular formula is C27H34FN3O2. The number of amides is 1. The predicted molar refractivity (Wildman–Crippen MR) is 131 cm³/mol. The van der Waals surface area contributed by atoms with Gasteiger partial charge in [-0.05, 0) is 55.7 Å². The summed E-state index contributed by atoms with van der Waals surface area (Å²) in [4.78, 5) is 33.6. The lowest BCUT2D eigenvalue weighted by atomic mass is 10.1. The van der Waals surface area contributed by atoms with E-state index in [2.05, 4.69) is 6.92 Å². The molecule has 3 rings (SSSR count). The van der Waals surface area contributed by atoms with Gasteiger partial charge in [0, 0.05) is 13.0 Å². The molecule has 0 bridgehead atoms. The van der Waals surface area contributed by atoms with Crippen LogP contribution in [0.3, 0.4) is 0 Å². The third-order valence-electron chi connectivity index (χ3n) is 5.98. The second-order valence-electron chi connectivity index (χ2n) is 8.43. The number of fused-ring (bicyclic) bond motifs is 1. The molecule has 2 aromatic carbocycles. The number of para-hydroxylation sites is 1. The summed E-state index contributed by atoms with van der Waals surface area (Å²) in [5, 5.41) is 0.495. The molecule has 3 aromatic rings. The minimum atomic E-state index is -0.371. The molecule has 1 amide bonds. The Morgan fingerprint density at radius 1 is 1.00 bits per heavy atom. The van der Waals surface area contributed by atoms with E-state index in [0.717, 1.165) is 32.1 Å². The molecule has 0 N–H and O–H groups in total. The van der Waals surface area contributed by atoms with Gasteiger partial charge in [0.1, 0.15) is 11.6 Å². The summed E-state index contributed by atoms with van der Waals surface area (Å²) in [7, 11) is 0. The summed E-state index contributed by atoms with van der Waals surface area (Å²) < 4.78 is 15.2. The molecule has 1 atom stereocenters. The molecule has 0 aliphatic heterocycles. The average molecular weight is 452 g/mol. The fourth-order valence-electron chi connectivity index (χ4n) is 4.28. The Bertz CT molecular complexity index is 1120. The maximum atomic E-state index is 13.6. The summed E-state index contributed by atoms with van der Waals surface area (Å²) in [6, 6.07) is 12.7. The highest BCUT2D eigenvalue weighted by atomic mass is 19.1. The number of nitrogens with zero attached hydrogens (tertiary/aromatic N) is 3. The van der Waals surface area contributed by atoms with Crippen molar-refractivity contribution in [3.63, 3.8) is 0 Å². The third-order valence-corrected chi connectivity index (χ3v) is 5.98. The first-order chi connectivity index (χ1) is 16.0. The molecule has 0 aliphatic carbocycles. The van der Waals surface area contributed by atoms with Crippen molar-refractivity contribution >= 4 is 16.8 Å². The molecule has 1 heterocycles. The van der Waals surface area contributed by atoms with Crippen molar-refractivity contribution in [3.8, 4) is 5.69 Å². The van der Waals surface area contributed by atoms with Gasteiger partial charge in [-0.1, -0.05) is 52.2 Å². The molecule has 0 radical (unpaired) electrons. The lowest BCUT2D eigenvalue weighted by Gasteiger charge is -2.32. The number of carbonyl (C=O) groups is 1. The van der Waals surface area contributed by atoms with Crippen LogP contribution in [0.25, 0.3) is 16.6 Å². The Hall–Kier alpha value is -3.02. The van der Waals surface area contributed by atoms with Crippen LogP contribution in [0.2, 0.25) is 0 Å². The van der Waals surface area contributed by atoms with E-state index in [-0.39, 0.29) is 23.3 Å². The highest BCUT2D eigenvalue weighted by molar-refractivity contribution is 5.79. The van der Waals surface area contributed by atoms with Crippen molar-refractivity contribution in [1.29, 1.82) is 0 Å². The summed E-state index contributed by atoms with van der Waals surface area (Å²) in [6.07, 6.45) is 6.05. The van der Waals surface area contributed by atoms with Crippen molar-refractivity contribution in [3.05, 3.63) is 70.5 Å². The van der Waals surface area contributed by atoms with Crippen molar-refractivity contribution in [2.45, 2.75) is 71.8 Å². The predicted octanol–water partition coefficient (Wildman–Crippen LogP) is 6.18. The smallest absolute Gasteiger partial charge is 0.266 e. The van der Waals surface area contributed by atoms with Gasteiger partial charge < -0.3 is 4.90 Å². The van der Waals surface area contributed by atoms with E-state index in [1.165, 1.54) is 12.1 Å². The Kier molecular flexibility index (Phi) is 8.75. The largest absolute Gasteiger partial charge is 0.333 e. The van der Waals surface area contributed by atoms with Crippen molar-refractivity contribution in [1.82, 2.24) is 14.5 Å². The number of hydrogen-bond acceptors (Lipinski definition) is 3. The average Bonchev–Trinajstić information content (AvgIpc) is 2.82. The zero-order chi connectivity index (χ0) is 23.8. The molecule has 0 aliphatic rings. The normalized spacial score (nSPS) is 12.1. The Morgan fingerprint density at radius 2 is 1.73 bits per heavy atom. The number of aromatic nitrogens is 2. The van der Waals surface area contributed by atoms with Gasteiger partial charge in [0.2, 0.25) is 5.91 Å².